The maximum Gasteiger partial charge on any atom is 0.145 e. The molecule has 2 heterocycles. The average Bonchev–Trinajstić information content (AvgIpc) is 2.74. The molecule has 0 unspecified atom stereocenters. The lowest BCUT2D eigenvalue weighted by atomic mass is 10.1. The molecule has 0 spiro atoms. The third-order valence-corrected chi connectivity index (χ3v) is 4.64. The highest BCUT2D eigenvalue weighted by Gasteiger charge is 2.05. The van der Waals surface area contributed by atoms with Gasteiger partial charge in [0.05, 0.1) is 0 Å². The zero-order valence-electron chi connectivity index (χ0n) is 16.6. The van der Waals surface area contributed by atoms with Crippen LogP contribution in [0.4, 0.5) is 4.39 Å². The van der Waals surface area contributed by atoms with Crippen molar-refractivity contribution < 1.29 is 9.13 Å². The molecule has 2 aromatic heterocycles. The van der Waals surface area contributed by atoms with Crippen molar-refractivity contribution in [2.24, 2.45) is 0 Å². The van der Waals surface area contributed by atoms with Gasteiger partial charge in [0.25, 0.3) is 0 Å². The molecule has 0 radical (unpaired) electrons. The van der Waals surface area contributed by atoms with Gasteiger partial charge < -0.3 is 10.1 Å². The molecule has 4 aromatic rings. The second kappa shape index (κ2) is 10.1. The zero-order valence-corrected chi connectivity index (χ0v) is 17.5. The Bertz CT molecular complexity index is 1140. The number of hydrogen-bond donors (Lipinski definition) is 1. The van der Waals surface area contributed by atoms with E-state index in [4.69, 9.17) is 4.74 Å². The van der Waals surface area contributed by atoms with Crippen molar-refractivity contribution in [3.05, 3.63) is 90.1 Å². The normalized spacial score (nSPS) is 10.6. The Balaban J connectivity index is 0.00000256. The van der Waals surface area contributed by atoms with Crippen molar-refractivity contribution in [3.8, 4) is 16.9 Å². The largest absolute Gasteiger partial charge is 0.490 e. The SMILES string of the molecule is Cc1ccc2cccc(OCCNCc3cncc(-c4cccc(F)c4)c3)c2n1.Cl. The summed E-state index contributed by atoms with van der Waals surface area (Å²) < 4.78 is 19.4. The number of rotatable bonds is 7. The van der Waals surface area contributed by atoms with Crippen LogP contribution in [0.25, 0.3) is 22.0 Å². The molecule has 6 heteroatoms. The fourth-order valence-corrected chi connectivity index (χ4v) is 3.21. The highest BCUT2D eigenvalue weighted by Crippen LogP contribution is 2.24. The van der Waals surface area contributed by atoms with Gasteiger partial charge in [-0.2, -0.15) is 0 Å². The third-order valence-electron chi connectivity index (χ3n) is 4.64. The van der Waals surface area contributed by atoms with Crippen molar-refractivity contribution in [1.29, 1.82) is 0 Å². The van der Waals surface area contributed by atoms with Crippen LogP contribution in [0, 0.1) is 12.7 Å². The number of nitrogens with zero attached hydrogens (tertiary/aromatic N) is 2. The first-order chi connectivity index (χ1) is 14.2. The Labute approximate surface area is 181 Å². The fraction of sp³-hybridized carbons (Fsp3) is 0.167. The van der Waals surface area contributed by atoms with Gasteiger partial charge in [0.15, 0.2) is 0 Å². The second-order valence-electron chi connectivity index (χ2n) is 6.90. The van der Waals surface area contributed by atoms with E-state index >= 15 is 0 Å². The Morgan fingerprint density at radius 2 is 1.83 bits per heavy atom. The van der Waals surface area contributed by atoms with E-state index in [-0.39, 0.29) is 18.2 Å². The predicted octanol–water partition coefficient (Wildman–Crippen LogP) is 5.33. The molecule has 0 amide bonds. The number of halogens is 2. The summed E-state index contributed by atoms with van der Waals surface area (Å²) in [6.45, 7) is 3.86. The summed E-state index contributed by atoms with van der Waals surface area (Å²) in [5, 5.41) is 4.43. The number of pyridine rings is 2. The summed E-state index contributed by atoms with van der Waals surface area (Å²) in [4.78, 5) is 8.86. The van der Waals surface area contributed by atoms with E-state index < -0.39 is 0 Å². The molecule has 0 bridgehead atoms. The molecule has 0 atom stereocenters. The van der Waals surface area contributed by atoms with Crippen LogP contribution in [0.1, 0.15) is 11.3 Å². The molecular weight excluding hydrogens is 401 g/mol. The maximum atomic E-state index is 13.4. The number of aromatic nitrogens is 2. The molecule has 1 N–H and O–H groups in total. The first kappa shape index (κ1) is 21.7. The third kappa shape index (κ3) is 5.32. The molecule has 0 aliphatic heterocycles. The fourth-order valence-electron chi connectivity index (χ4n) is 3.21. The van der Waals surface area contributed by atoms with Crippen molar-refractivity contribution in [2.45, 2.75) is 13.5 Å². The van der Waals surface area contributed by atoms with Gasteiger partial charge >= 0.3 is 0 Å². The van der Waals surface area contributed by atoms with Crippen LogP contribution < -0.4 is 10.1 Å². The van der Waals surface area contributed by atoms with Crippen LogP contribution in [0.2, 0.25) is 0 Å². The number of nitrogens with one attached hydrogen (secondary N) is 1. The van der Waals surface area contributed by atoms with Gasteiger partial charge in [0.1, 0.15) is 23.7 Å². The topological polar surface area (TPSA) is 47.0 Å². The van der Waals surface area contributed by atoms with E-state index in [1.165, 1.54) is 12.1 Å². The first-order valence-electron chi connectivity index (χ1n) is 9.59. The van der Waals surface area contributed by atoms with E-state index in [1.807, 2.05) is 49.5 Å². The Morgan fingerprint density at radius 1 is 0.967 bits per heavy atom. The molecule has 0 saturated heterocycles. The highest BCUT2D eigenvalue weighted by molar-refractivity contribution is 5.85. The van der Waals surface area contributed by atoms with Gasteiger partial charge in [-0.1, -0.05) is 30.3 Å². The molecule has 4 rings (SSSR count). The summed E-state index contributed by atoms with van der Waals surface area (Å²) >= 11 is 0. The van der Waals surface area contributed by atoms with Crippen LogP contribution in [0.5, 0.6) is 5.75 Å². The average molecular weight is 424 g/mol. The van der Waals surface area contributed by atoms with Crippen molar-refractivity contribution in [1.82, 2.24) is 15.3 Å². The predicted molar refractivity (Wildman–Crippen MR) is 121 cm³/mol. The van der Waals surface area contributed by atoms with Crippen LogP contribution in [0.15, 0.2) is 73.1 Å². The monoisotopic (exact) mass is 423 g/mol. The van der Waals surface area contributed by atoms with Gasteiger partial charge in [0, 0.05) is 42.1 Å². The lowest BCUT2D eigenvalue weighted by Gasteiger charge is -2.10. The Morgan fingerprint density at radius 3 is 2.70 bits per heavy atom. The van der Waals surface area contributed by atoms with E-state index in [0.717, 1.165) is 39.0 Å². The molecule has 154 valence electrons. The van der Waals surface area contributed by atoms with Crippen LogP contribution >= 0.6 is 12.4 Å². The van der Waals surface area contributed by atoms with Gasteiger partial charge in [0.2, 0.25) is 0 Å². The lowest BCUT2D eigenvalue weighted by Crippen LogP contribution is -2.20. The quantitative estimate of drug-likeness (QED) is 0.408. The number of para-hydroxylation sites is 1. The highest BCUT2D eigenvalue weighted by atomic mass is 35.5. The zero-order chi connectivity index (χ0) is 20.1. The van der Waals surface area contributed by atoms with Crippen LogP contribution in [-0.2, 0) is 6.54 Å². The lowest BCUT2D eigenvalue weighted by molar-refractivity contribution is 0.316. The molecule has 2 aromatic carbocycles. The number of ether oxygens (including phenoxy) is 1. The second-order valence-corrected chi connectivity index (χ2v) is 6.90. The summed E-state index contributed by atoms with van der Waals surface area (Å²) in [5.41, 5.74) is 4.62. The van der Waals surface area contributed by atoms with Crippen LogP contribution in [-0.4, -0.2) is 23.1 Å². The van der Waals surface area contributed by atoms with Gasteiger partial charge in [-0.05, 0) is 48.4 Å². The van der Waals surface area contributed by atoms with Gasteiger partial charge in [-0.3, -0.25) is 4.98 Å². The first-order valence-corrected chi connectivity index (χ1v) is 9.59. The number of aryl methyl sites for hydroxylation is 1. The van der Waals surface area contributed by atoms with Crippen LogP contribution in [0.3, 0.4) is 0 Å². The van der Waals surface area contributed by atoms with Crippen molar-refractivity contribution >= 4 is 23.3 Å². The van der Waals surface area contributed by atoms with E-state index in [2.05, 4.69) is 21.4 Å². The summed E-state index contributed by atoms with van der Waals surface area (Å²) in [7, 11) is 0. The summed E-state index contributed by atoms with van der Waals surface area (Å²) in [5.74, 6) is 0.545. The molecular formula is C24H23ClFN3O. The number of benzene rings is 2. The van der Waals surface area contributed by atoms with Crippen molar-refractivity contribution in [3.63, 3.8) is 0 Å². The maximum absolute atomic E-state index is 13.4. The smallest absolute Gasteiger partial charge is 0.145 e. The summed E-state index contributed by atoms with van der Waals surface area (Å²) in [6.07, 6.45) is 3.56. The van der Waals surface area contributed by atoms with Gasteiger partial charge in [-0.25, -0.2) is 9.37 Å². The number of hydrogen-bond acceptors (Lipinski definition) is 4. The van der Waals surface area contributed by atoms with Crippen molar-refractivity contribution in [2.75, 3.05) is 13.2 Å². The molecule has 0 aliphatic rings. The minimum atomic E-state index is -0.249. The van der Waals surface area contributed by atoms with E-state index in [0.29, 0.717) is 19.7 Å². The Hall–Kier alpha value is -3.02. The molecule has 0 aliphatic carbocycles. The van der Waals surface area contributed by atoms with E-state index in [9.17, 15) is 4.39 Å². The number of fused-ring (bicyclic) bond motifs is 1. The molecule has 4 nitrogen and oxygen atoms in total. The molecule has 0 saturated carbocycles. The van der Waals surface area contributed by atoms with Gasteiger partial charge in [-0.15, -0.1) is 12.4 Å². The van der Waals surface area contributed by atoms with E-state index in [1.54, 1.807) is 12.3 Å². The molecule has 30 heavy (non-hydrogen) atoms. The summed E-state index contributed by atoms with van der Waals surface area (Å²) in [6, 6.07) is 18.6. The minimum absolute atomic E-state index is 0. The molecule has 0 fully saturated rings. The standard InChI is InChI=1S/C24H22FN3O.ClH/c1-17-8-9-19-4-3-7-23(24(19)28-17)29-11-10-26-14-18-12-21(16-27-15-18)20-5-2-6-22(25)13-20;/h2-9,12-13,15-16,26H,10-11,14H2,1H3;1H. The Kier molecular flexibility index (Phi) is 7.33. The minimum Gasteiger partial charge on any atom is -0.490 e.